The molecule has 0 saturated carbocycles. The van der Waals surface area contributed by atoms with Crippen molar-refractivity contribution in [3.8, 4) is 20.5 Å². The molecule has 0 aliphatic carbocycles. The Morgan fingerprint density at radius 3 is 2.76 bits per heavy atom. The highest BCUT2D eigenvalue weighted by atomic mass is 32.2. The van der Waals surface area contributed by atoms with Crippen LogP contribution in [-0.2, 0) is 5.75 Å². The molecule has 0 fully saturated rings. The first kappa shape index (κ1) is 16.4. The summed E-state index contributed by atoms with van der Waals surface area (Å²) in [6.45, 7) is 2.02. The molecular formula is C18H14N4S3. The Bertz CT molecular complexity index is 948. The van der Waals surface area contributed by atoms with Crippen LogP contribution in [0.3, 0.4) is 0 Å². The Hall–Kier alpha value is -2.09. The molecule has 0 unspecified atom stereocenters. The van der Waals surface area contributed by atoms with Gasteiger partial charge in [-0.15, -0.1) is 32.9 Å². The summed E-state index contributed by atoms with van der Waals surface area (Å²) in [5, 5.41) is 12.8. The van der Waals surface area contributed by atoms with Crippen LogP contribution in [0.4, 0.5) is 0 Å². The molecule has 0 amide bonds. The van der Waals surface area contributed by atoms with Gasteiger partial charge in [-0.25, -0.2) is 4.98 Å². The Labute approximate surface area is 158 Å². The van der Waals surface area contributed by atoms with Gasteiger partial charge in [-0.1, -0.05) is 23.9 Å². The second-order valence-corrected chi connectivity index (χ2v) is 8.26. The normalized spacial score (nSPS) is 10.9. The van der Waals surface area contributed by atoms with Gasteiger partial charge < -0.3 is 0 Å². The van der Waals surface area contributed by atoms with Crippen LogP contribution < -0.4 is 0 Å². The van der Waals surface area contributed by atoms with E-state index in [2.05, 4.69) is 37.7 Å². The van der Waals surface area contributed by atoms with Gasteiger partial charge in [0, 0.05) is 18.1 Å². The lowest BCUT2D eigenvalue weighted by Gasteiger charge is -2.01. The molecule has 4 aromatic rings. The molecule has 4 aromatic heterocycles. The molecule has 0 N–H and O–H groups in total. The van der Waals surface area contributed by atoms with E-state index in [0.717, 1.165) is 32.1 Å². The predicted molar refractivity (Wildman–Crippen MR) is 105 cm³/mol. The molecule has 0 saturated heterocycles. The first-order valence-electron chi connectivity index (χ1n) is 7.67. The van der Waals surface area contributed by atoms with Crippen molar-refractivity contribution in [1.29, 1.82) is 0 Å². The molecule has 7 heteroatoms. The molecule has 4 rings (SSSR count). The van der Waals surface area contributed by atoms with E-state index in [1.165, 1.54) is 10.4 Å². The molecule has 0 radical (unpaired) electrons. The minimum Gasteiger partial charge on any atom is -0.264 e. The summed E-state index contributed by atoms with van der Waals surface area (Å²) in [5.74, 6) is 0.837. The summed E-state index contributed by atoms with van der Waals surface area (Å²) in [6, 6.07) is 12.2. The molecular weight excluding hydrogens is 368 g/mol. The summed E-state index contributed by atoms with van der Waals surface area (Å²) in [5.41, 5.74) is 3.05. The van der Waals surface area contributed by atoms with Crippen LogP contribution >= 0.6 is 34.4 Å². The molecule has 0 aromatic carbocycles. The lowest BCUT2D eigenvalue weighted by Crippen LogP contribution is -1.90. The number of aryl methyl sites for hydroxylation is 1. The van der Waals surface area contributed by atoms with Crippen molar-refractivity contribution in [3.05, 3.63) is 65.4 Å². The van der Waals surface area contributed by atoms with Crippen LogP contribution in [0.15, 0.2) is 59.2 Å². The van der Waals surface area contributed by atoms with Crippen LogP contribution in [0.5, 0.6) is 0 Å². The first-order chi connectivity index (χ1) is 12.3. The maximum absolute atomic E-state index is 4.68. The van der Waals surface area contributed by atoms with E-state index in [1.807, 2.05) is 37.4 Å². The molecule has 0 bridgehead atoms. The Morgan fingerprint density at radius 2 is 2.04 bits per heavy atom. The third-order valence-electron chi connectivity index (χ3n) is 3.51. The van der Waals surface area contributed by atoms with Gasteiger partial charge in [0.05, 0.1) is 15.4 Å². The number of hydrogen-bond donors (Lipinski definition) is 0. The van der Waals surface area contributed by atoms with Gasteiger partial charge >= 0.3 is 0 Å². The monoisotopic (exact) mass is 382 g/mol. The number of rotatable bonds is 5. The second kappa shape index (κ2) is 7.43. The summed E-state index contributed by atoms with van der Waals surface area (Å²) in [4.78, 5) is 11.1. The predicted octanol–water partition coefficient (Wildman–Crippen LogP) is 5.32. The second-order valence-electron chi connectivity index (χ2n) is 5.32. The average molecular weight is 383 g/mol. The number of thiophene rings is 1. The highest BCUT2D eigenvalue weighted by molar-refractivity contribution is 7.98. The molecule has 0 aliphatic rings. The average Bonchev–Trinajstić information content (AvgIpc) is 3.31. The van der Waals surface area contributed by atoms with Crippen molar-refractivity contribution in [2.24, 2.45) is 0 Å². The number of nitrogens with zero attached hydrogens (tertiary/aromatic N) is 4. The van der Waals surface area contributed by atoms with Crippen LogP contribution in [-0.4, -0.2) is 20.2 Å². The van der Waals surface area contributed by atoms with E-state index in [4.69, 9.17) is 0 Å². The summed E-state index contributed by atoms with van der Waals surface area (Å²) in [7, 11) is 0. The Morgan fingerprint density at radius 1 is 1.08 bits per heavy atom. The topological polar surface area (TPSA) is 51.6 Å². The van der Waals surface area contributed by atoms with Crippen LogP contribution in [0.2, 0.25) is 0 Å². The highest BCUT2D eigenvalue weighted by Crippen LogP contribution is 2.36. The minimum atomic E-state index is 0.837. The standard InChI is InChI=1S/C18H14N4S3/c1-12-17(25-18(20-12)15-5-3-9-23-15)14-6-7-16(22-21-14)24-11-13-4-2-8-19-10-13/h2-10H,11H2,1H3. The van der Waals surface area contributed by atoms with Crippen molar-refractivity contribution in [1.82, 2.24) is 20.2 Å². The van der Waals surface area contributed by atoms with E-state index in [-0.39, 0.29) is 0 Å². The molecule has 0 spiro atoms. The van der Waals surface area contributed by atoms with Gasteiger partial charge in [0.25, 0.3) is 0 Å². The van der Waals surface area contributed by atoms with Gasteiger partial charge in [-0.05, 0) is 42.1 Å². The molecule has 124 valence electrons. The smallest absolute Gasteiger partial charge is 0.134 e. The highest BCUT2D eigenvalue weighted by Gasteiger charge is 2.13. The lowest BCUT2D eigenvalue weighted by atomic mass is 10.3. The van der Waals surface area contributed by atoms with E-state index >= 15 is 0 Å². The molecule has 4 heterocycles. The van der Waals surface area contributed by atoms with Gasteiger partial charge in [0.15, 0.2) is 0 Å². The fourth-order valence-corrected chi connectivity index (χ4v) is 4.87. The molecule has 0 atom stereocenters. The van der Waals surface area contributed by atoms with Crippen LogP contribution in [0.25, 0.3) is 20.5 Å². The zero-order chi connectivity index (χ0) is 17.1. The number of thioether (sulfide) groups is 1. The van der Waals surface area contributed by atoms with Crippen molar-refractivity contribution in [3.63, 3.8) is 0 Å². The third-order valence-corrected chi connectivity index (χ3v) is 6.72. The Kier molecular flexibility index (Phi) is 4.87. The third kappa shape index (κ3) is 3.78. The number of aromatic nitrogens is 4. The van der Waals surface area contributed by atoms with E-state index in [0.29, 0.717) is 0 Å². The fraction of sp³-hybridized carbons (Fsp3) is 0.111. The minimum absolute atomic E-state index is 0.837. The molecule has 4 nitrogen and oxygen atoms in total. The van der Waals surface area contributed by atoms with Crippen molar-refractivity contribution in [2.45, 2.75) is 17.7 Å². The van der Waals surface area contributed by atoms with Crippen molar-refractivity contribution < 1.29 is 0 Å². The zero-order valence-electron chi connectivity index (χ0n) is 13.4. The van der Waals surface area contributed by atoms with E-state index < -0.39 is 0 Å². The van der Waals surface area contributed by atoms with Gasteiger partial charge in [-0.2, -0.15) is 0 Å². The first-order valence-corrected chi connectivity index (χ1v) is 10.3. The zero-order valence-corrected chi connectivity index (χ0v) is 15.9. The molecule has 0 aliphatic heterocycles. The van der Waals surface area contributed by atoms with Crippen molar-refractivity contribution in [2.75, 3.05) is 0 Å². The maximum Gasteiger partial charge on any atom is 0.134 e. The van der Waals surface area contributed by atoms with Crippen molar-refractivity contribution >= 4 is 34.4 Å². The van der Waals surface area contributed by atoms with Gasteiger partial charge in [0.1, 0.15) is 15.7 Å². The van der Waals surface area contributed by atoms with E-state index in [1.54, 1.807) is 40.6 Å². The number of pyridine rings is 1. The summed E-state index contributed by atoms with van der Waals surface area (Å²) in [6.07, 6.45) is 3.66. The number of hydrogen-bond acceptors (Lipinski definition) is 7. The Balaban J connectivity index is 1.50. The van der Waals surface area contributed by atoms with E-state index in [9.17, 15) is 0 Å². The van der Waals surface area contributed by atoms with Gasteiger partial charge in [-0.3, -0.25) is 4.98 Å². The largest absolute Gasteiger partial charge is 0.264 e. The quantitative estimate of drug-likeness (QED) is 0.437. The summed E-state index contributed by atoms with van der Waals surface area (Å²) < 4.78 is 0. The number of thiazole rings is 1. The SMILES string of the molecule is Cc1nc(-c2cccs2)sc1-c1ccc(SCc2cccnc2)nn1. The lowest BCUT2D eigenvalue weighted by molar-refractivity contribution is 0.935. The maximum atomic E-state index is 4.68. The summed E-state index contributed by atoms with van der Waals surface area (Å²) >= 11 is 5.03. The van der Waals surface area contributed by atoms with Gasteiger partial charge in [0.2, 0.25) is 0 Å². The fourth-order valence-electron chi connectivity index (χ4n) is 2.30. The van der Waals surface area contributed by atoms with Crippen LogP contribution in [0.1, 0.15) is 11.3 Å². The molecule has 25 heavy (non-hydrogen) atoms. The van der Waals surface area contributed by atoms with Crippen LogP contribution in [0, 0.1) is 6.92 Å².